The van der Waals surface area contributed by atoms with Gasteiger partial charge in [0.25, 0.3) is 10.0 Å². The van der Waals surface area contributed by atoms with Crippen LogP contribution in [0.25, 0.3) is 0 Å². The van der Waals surface area contributed by atoms with E-state index in [9.17, 15) is 18.0 Å². The van der Waals surface area contributed by atoms with Crippen LogP contribution in [0.1, 0.15) is 31.9 Å². The predicted molar refractivity (Wildman–Crippen MR) is 180 cm³/mol. The lowest BCUT2D eigenvalue weighted by Gasteiger charge is -2.35. The molecule has 45 heavy (non-hydrogen) atoms. The second-order valence-corrected chi connectivity index (χ2v) is 14.4. The lowest BCUT2D eigenvalue weighted by Crippen LogP contribution is -2.56. The lowest BCUT2D eigenvalue weighted by atomic mass is 10.0. The molecule has 0 unspecified atom stereocenters. The molecule has 0 aliphatic heterocycles. The van der Waals surface area contributed by atoms with E-state index in [2.05, 4.69) is 21.2 Å². The van der Waals surface area contributed by atoms with Gasteiger partial charge >= 0.3 is 0 Å². The van der Waals surface area contributed by atoms with Crippen molar-refractivity contribution in [3.63, 3.8) is 0 Å². The predicted octanol–water partition coefficient (Wildman–Crippen LogP) is 6.21. The van der Waals surface area contributed by atoms with Crippen molar-refractivity contribution in [3.8, 4) is 5.75 Å². The Morgan fingerprint density at radius 3 is 2.04 bits per heavy atom. The standard InChI is InChI=1S/C35H38BrN3O5S/c1-35(2,3)37-34(41)32(23-26-12-7-5-8-13-26)38(24-27-14-11-15-30(22-27)44-4)33(40)25-39(29-20-18-28(36)19-21-29)45(42,43)31-16-9-6-10-17-31/h5-22,32H,23-25H2,1-4H3,(H,37,41)/t32-/m1/s1. The highest BCUT2D eigenvalue weighted by Gasteiger charge is 2.35. The Balaban J connectivity index is 1.82. The number of nitrogens with one attached hydrogen (secondary N) is 1. The number of nitrogens with zero attached hydrogens (tertiary/aromatic N) is 2. The summed E-state index contributed by atoms with van der Waals surface area (Å²) in [5, 5.41) is 3.04. The number of halogens is 1. The van der Waals surface area contributed by atoms with Crippen molar-refractivity contribution in [3.05, 3.63) is 125 Å². The molecule has 1 atom stereocenters. The van der Waals surface area contributed by atoms with Crippen molar-refractivity contribution in [1.82, 2.24) is 10.2 Å². The van der Waals surface area contributed by atoms with Gasteiger partial charge in [0.2, 0.25) is 11.8 Å². The summed E-state index contributed by atoms with van der Waals surface area (Å²) in [7, 11) is -2.61. The van der Waals surface area contributed by atoms with E-state index in [1.54, 1.807) is 61.7 Å². The van der Waals surface area contributed by atoms with E-state index >= 15 is 0 Å². The first-order chi connectivity index (χ1) is 21.4. The molecule has 0 radical (unpaired) electrons. The average molecular weight is 693 g/mol. The third kappa shape index (κ3) is 9.18. The number of hydrogen-bond acceptors (Lipinski definition) is 5. The summed E-state index contributed by atoms with van der Waals surface area (Å²) < 4.78 is 35.4. The van der Waals surface area contributed by atoms with Crippen LogP contribution in [0.4, 0.5) is 5.69 Å². The number of ether oxygens (including phenoxy) is 1. The van der Waals surface area contributed by atoms with Gasteiger partial charge in [-0.05, 0) is 80.4 Å². The number of anilines is 1. The van der Waals surface area contributed by atoms with Crippen LogP contribution >= 0.6 is 15.9 Å². The van der Waals surface area contributed by atoms with Crippen molar-refractivity contribution < 1.29 is 22.7 Å². The molecule has 0 saturated heterocycles. The molecule has 10 heteroatoms. The summed E-state index contributed by atoms with van der Waals surface area (Å²) in [5.41, 5.74) is 1.33. The summed E-state index contributed by atoms with van der Waals surface area (Å²) in [6.45, 7) is 5.14. The maximum absolute atomic E-state index is 14.5. The van der Waals surface area contributed by atoms with Gasteiger partial charge in [0.1, 0.15) is 18.3 Å². The largest absolute Gasteiger partial charge is 0.497 e. The third-order valence-corrected chi connectivity index (χ3v) is 9.30. The molecule has 0 spiro atoms. The fourth-order valence-electron chi connectivity index (χ4n) is 4.83. The highest BCUT2D eigenvalue weighted by atomic mass is 79.9. The highest BCUT2D eigenvalue weighted by Crippen LogP contribution is 2.27. The number of methoxy groups -OCH3 is 1. The Labute approximate surface area is 274 Å². The van der Waals surface area contributed by atoms with Gasteiger partial charge < -0.3 is 15.0 Å². The van der Waals surface area contributed by atoms with E-state index in [1.165, 1.54) is 17.0 Å². The molecule has 0 aliphatic rings. The number of carbonyl (C=O) groups is 2. The van der Waals surface area contributed by atoms with Gasteiger partial charge in [0, 0.05) is 23.0 Å². The number of hydrogen-bond donors (Lipinski definition) is 1. The van der Waals surface area contributed by atoms with Crippen molar-refractivity contribution in [2.45, 2.75) is 50.2 Å². The van der Waals surface area contributed by atoms with Gasteiger partial charge in [-0.25, -0.2) is 8.42 Å². The van der Waals surface area contributed by atoms with Crippen LogP contribution in [-0.2, 0) is 32.6 Å². The molecule has 236 valence electrons. The molecule has 4 aromatic carbocycles. The first kappa shape index (κ1) is 33.7. The van der Waals surface area contributed by atoms with E-state index in [1.807, 2.05) is 63.2 Å². The maximum atomic E-state index is 14.5. The van der Waals surface area contributed by atoms with Gasteiger partial charge in [-0.3, -0.25) is 13.9 Å². The normalized spacial score (nSPS) is 12.2. The summed E-state index contributed by atoms with van der Waals surface area (Å²) in [4.78, 5) is 30.0. The number of sulfonamides is 1. The summed E-state index contributed by atoms with van der Waals surface area (Å²) >= 11 is 3.41. The topological polar surface area (TPSA) is 96.0 Å². The molecule has 1 N–H and O–H groups in total. The zero-order valence-electron chi connectivity index (χ0n) is 25.8. The Kier molecular flexibility index (Phi) is 11.1. The zero-order chi connectivity index (χ0) is 32.6. The Morgan fingerprint density at radius 1 is 0.844 bits per heavy atom. The summed E-state index contributed by atoms with van der Waals surface area (Å²) in [5.74, 6) is -0.282. The van der Waals surface area contributed by atoms with Crippen LogP contribution in [-0.4, -0.2) is 50.4 Å². The zero-order valence-corrected chi connectivity index (χ0v) is 28.2. The molecule has 2 amide bonds. The molecule has 0 fully saturated rings. The average Bonchev–Trinajstić information content (AvgIpc) is 3.02. The van der Waals surface area contributed by atoms with E-state index in [0.29, 0.717) is 11.4 Å². The minimum atomic E-state index is -4.16. The minimum Gasteiger partial charge on any atom is -0.497 e. The first-order valence-corrected chi connectivity index (χ1v) is 16.7. The Hall–Kier alpha value is -4.15. The van der Waals surface area contributed by atoms with Crippen LogP contribution in [0.15, 0.2) is 119 Å². The van der Waals surface area contributed by atoms with E-state index in [4.69, 9.17) is 4.74 Å². The quantitative estimate of drug-likeness (QED) is 0.191. The fourth-order valence-corrected chi connectivity index (χ4v) is 6.53. The minimum absolute atomic E-state index is 0.0463. The number of amides is 2. The molecular formula is C35H38BrN3O5S. The highest BCUT2D eigenvalue weighted by molar-refractivity contribution is 9.10. The Morgan fingerprint density at radius 2 is 1.44 bits per heavy atom. The smallest absolute Gasteiger partial charge is 0.264 e. The molecule has 0 saturated carbocycles. The van der Waals surface area contributed by atoms with Crippen molar-refractivity contribution in [1.29, 1.82) is 0 Å². The van der Waals surface area contributed by atoms with Gasteiger partial charge in [0.05, 0.1) is 17.7 Å². The van der Waals surface area contributed by atoms with Crippen molar-refractivity contribution >= 4 is 43.5 Å². The van der Waals surface area contributed by atoms with Gasteiger partial charge in [0.15, 0.2) is 0 Å². The fraction of sp³-hybridized carbons (Fsp3) is 0.257. The van der Waals surface area contributed by atoms with Gasteiger partial charge in [-0.2, -0.15) is 0 Å². The monoisotopic (exact) mass is 691 g/mol. The number of rotatable bonds is 12. The van der Waals surface area contributed by atoms with Crippen LogP contribution in [0.2, 0.25) is 0 Å². The van der Waals surface area contributed by atoms with Crippen LogP contribution in [0.3, 0.4) is 0 Å². The van der Waals surface area contributed by atoms with E-state index in [-0.39, 0.29) is 23.8 Å². The van der Waals surface area contributed by atoms with Gasteiger partial charge in [-0.1, -0.05) is 76.6 Å². The summed E-state index contributed by atoms with van der Waals surface area (Å²) in [6, 6.07) is 30.5. The van der Waals surface area contributed by atoms with Crippen molar-refractivity contribution in [2.24, 2.45) is 0 Å². The maximum Gasteiger partial charge on any atom is 0.264 e. The van der Waals surface area contributed by atoms with E-state index < -0.39 is 34.1 Å². The molecule has 0 heterocycles. The first-order valence-electron chi connectivity index (χ1n) is 14.5. The molecule has 0 bridgehead atoms. The lowest BCUT2D eigenvalue weighted by molar-refractivity contribution is -0.140. The van der Waals surface area contributed by atoms with Crippen LogP contribution < -0.4 is 14.4 Å². The number of carbonyl (C=O) groups excluding carboxylic acids is 2. The second kappa shape index (κ2) is 14.8. The molecule has 8 nitrogen and oxygen atoms in total. The van der Waals surface area contributed by atoms with Crippen molar-refractivity contribution in [2.75, 3.05) is 18.0 Å². The second-order valence-electron chi connectivity index (χ2n) is 11.6. The SMILES string of the molecule is COc1cccc(CN(C(=O)CN(c2ccc(Br)cc2)S(=O)(=O)c2ccccc2)[C@H](Cc2ccccc2)C(=O)NC(C)(C)C)c1. The molecule has 0 aromatic heterocycles. The molecular weight excluding hydrogens is 654 g/mol. The Bertz CT molecular complexity index is 1690. The molecule has 4 rings (SSSR count). The number of benzene rings is 4. The van der Waals surface area contributed by atoms with Crippen LogP contribution in [0.5, 0.6) is 5.75 Å². The summed E-state index contributed by atoms with van der Waals surface area (Å²) in [6.07, 6.45) is 0.224. The van der Waals surface area contributed by atoms with Crippen LogP contribution in [0, 0.1) is 0 Å². The molecule has 0 aliphatic carbocycles. The molecule has 4 aromatic rings. The van der Waals surface area contributed by atoms with E-state index in [0.717, 1.165) is 19.9 Å². The van der Waals surface area contributed by atoms with Gasteiger partial charge in [-0.15, -0.1) is 0 Å². The third-order valence-electron chi connectivity index (χ3n) is 6.98.